The predicted molar refractivity (Wildman–Crippen MR) is 118 cm³/mol. The second kappa shape index (κ2) is 9.87. The van der Waals surface area contributed by atoms with Crippen LogP contribution in [0.25, 0.3) is 11.5 Å². The van der Waals surface area contributed by atoms with Gasteiger partial charge in [0.15, 0.2) is 11.5 Å². The second-order valence-corrected chi connectivity index (χ2v) is 7.01. The monoisotopic (exact) mass is 422 g/mol. The summed E-state index contributed by atoms with van der Waals surface area (Å²) in [6.07, 6.45) is 0. The van der Waals surface area contributed by atoms with Crippen molar-refractivity contribution in [1.82, 2.24) is 9.88 Å². The fraction of sp³-hybridized carbons (Fsp3) is 0.304. The van der Waals surface area contributed by atoms with Crippen molar-refractivity contribution in [1.29, 1.82) is 5.26 Å². The smallest absolute Gasteiger partial charge is 0.232 e. The van der Waals surface area contributed by atoms with E-state index in [2.05, 4.69) is 21.3 Å². The van der Waals surface area contributed by atoms with Gasteiger partial charge in [-0.1, -0.05) is 6.07 Å². The van der Waals surface area contributed by atoms with Crippen molar-refractivity contribution < 1.29 is 18.6 Å². The van der Waals surface area contributed by atoms with Crippen molar-refractivity contribution in [3.8, 4) is 34.8 Å². The number of nitriles is 1. The molecule has 3 rings (SSSR count). The molecule has 31 heavy (non-hydrogen) atoms. The number of benzene rings is 2. The van der Waals surface area contributed by atoms with Gasteiger partial charge in [-0.25, -0.2) is 0 Å². The third kappa shape index (κ3) is 4.90. The Balaban J connectivity index is 1.82. The molecule has 0 aliphatic heterocycles. The summed E-state index contributed by atoms with van der Waals surface area (Å²) in [5.74, 6) is 2.77. The lowest BCUT2D eigenvalue weighted by molar-refractivity contribution is 0.307. The normalized spacial score (nSPS) is 11.6. The van der Waals surface area contributed by atoms with Crippen LogP contribution in [0.3, 0.4) is 0 Å². The Kier molecular flexibility index (Phi) is 7.00. The largest absolute Gasteiger partial charge is 0.497 e. The van der Waals surface area contributed by atoms with E-state index < -0.39 is 0 Å². The molecule has 2 aromatic carbocycles. The summed E-state index contributed by atoms with van der Waals surface area (Å²) in [5, 5.41) is 12.7. The number of hydrogen-bond acceptors (Lipinski definition) is 8. The fourth-order valence-corrected chi connectivity index (χ4v) is 3.22. The first-order chi connectivity index (χ1) is 15.0. The quantitative estimate of drug-likeness (QED) is 0.554. The molecule has 0 aliphatic carbocycles. The highest BCUT2D eigenvalue weighted by atomic mass is 16.5. The van der Waals surface area contributed by atoms with Gasteiger partial charge in [0, 0.05) is 12.1 Å². The molecule has 0 radical (unpaired) electrons. The number of ether oxygens (including phenoxy) is 3. The molecule has 1 heterocycles. The maximum Gasteiger partial charge on any atom is 0.232 e. The Labute approximate surface area is 182 Å². The number of rotatable bonds is 9. The topological polar surface area (TPSA) is 92.8 Å². The molecule has 1 aromatic heterocycles. The summed E-state index contributed by atoms with van der Waals surface area (Å²) >= 11 is 0. The van der Waals surface area contributed by atoms with E-state index in [1.165, 1.54) is 0 Å². The highest BCUT2D eigenvalue weighted by Gasteiger charge is 2.20. The number of nitrogens with one attached hydrogen (secondary N) is 1. The standard InChI is InChI=1S/C23H26N4O4/c1-27(2)19(16-8-11-20(29-4)21(12-16)30-5)14-25-23-18(13-24)26-22(31-23)15-6-9-17(28-3)10-7-15/h6-12,19,25H,14H2,1-5H3. The maximum atomic E-state index is 9.50. The number of likely N-dealkylation sites (N-methyl/N-ethyl adjacent to an activating group) is 1. The molecule has 0 bridgehead atoms. The van der Waals surface area contributed by atoms with Crippen molar-refractivity contribution in [3.63, 3.8) is 0 Å². The van der Waals surface area contributed by atoms with Crippen molar-refractivity contribution in [3.05, 3.63) is 53.7 Å². The van der Waals surface area contributed by atoms with Crippen LogP contribution in [0, 0.1) is 11.3 Å². The number of oxazole rings is 1. The van der Waals surface area contributed by atoms with Crippen molar-refractivity contribution in [2.45, 2.75) is 6.04 Å². The molecule has 0 aliphatic rings. The maximum absolute atomic E-state index is 9.50. The van der Waals surface area contributed by atoms with E-state index in [4.69, 9.17) is 18.6 Å². The Bertz CT molecular complexity index is 1050. The molecular weight excluding hydrogens is 396 g/mol. The van der Waals surface area contributed by atoms with Crippen LogP contribution in [0.1, 0.15) is 17.3 Å². The summed E-state index contributed by atoms with van der Waals surface area (Å²) in [5.41, 5.74) is 1.99. The average Bonchev–Trinajstić information content (AvgIpc) is 3.22. The molecule has 3 aromatic rings. The summed E-state index contributed by atoms with van der Waals surface area (Å²) in [6.45, 7) is 0.494. The summed E-state index contributed by atoms with van der Waals surface area (Å²) < 4.78 is 21.8. The van der Waals surface area contributed by atoms with E-state index in [-0.39, 0.29) is 11.7 Å². The fourth-order valence-electron chi connectivity index (χ4n) is 3.22. The van der Waals surface area contributed by atoms with Crippen LogP contribution in [0.2, 0.25) is 0 Å². The van der Waals surface area contributed by atoms with Gasteiger partial charge >= 0.3 is 0 Å². The number of nitrogens with zero attached hydrogens (tertiary/aromatic N) is 3. The zero-order valence-electron chi connectivity index (χ0n) is 18.3. The second-order valence-electron chi connectivity index (χ2n) is 7.01. The van der Waals surface area contributed by atoms with E-state index in [1.807, 2.05) is 56.6 Å². The van der Waals surface area contributed by atoms with Gasteiger partial charge < -0.3 is 28.8 Å². The van der Waals surface area contributed by atoms with Gasteiger partial charge in [-0.3, -0.25) is 0 Å². The van der Waals surface area contributed by atoms with Gasteiger partial charge in [-0.05, 0) is 56.1 Å². The molecule has 162 valence electrons. The number of hydrogen-bond donors (Lipinski definition) is 1. The van der Waals surface area contributed by atoms with Crippen molar-refractivity contribution in [2.75, 3.05) is 47.3 Å². The van der Waals surface area contributed by atoms with Crippen LogP contribution < -0.4 is 19.5 Å². The zero-order chi connectivity index (χ0) is 22.4. The Morgan fingerprint density at radius 3 is 2.32 bits per heavy atom. The van der Waals surface area contributed by atoms with E-state index in [1.54, 1.807) is 21.3 Å². The first kappa shape index (κ1) is 22.0. The van der Waals surface area contributed by atoms with Gasteiger partial charge in [0.25, 0.3) is 0 Å². The summed E-state index contributed by atoms with van der Waals surface area (Å²) in [6, 6.07) is 15.2. The minimum atomic E-state index is -0.0131. The molecule has 8 heteroatoms. The Morgan fingerprint density at radius 1 is 1.03 bits per heavy atom. The van der Waals surface area contributed by atoms with Crippen molar-refractivity contribution in [2.24, 2.45) is 0 Å². The number of anilines is 1. The SMILES string of the molecule is COc1ccc(-c2nc(C#N)c(NCC(c3ccc(OC)c(OC)c3)N(C)C)o2)cc1. The van der Waals surface area contributed by atoms with Crippen LogP contribution in [0.15, 0.2) is 46.9 Å². The van der Waals surface area contributed by atoms with Crippen molar-refractivity contribution >= 4 is 5.88 Å². The highest BCUT2D eigenvalue weighted by Crippen LogP contribution is 2.32. The van der Waals surface area contributed by atoms with E-state index in [0.717, 1.165) is 16.9 Å². The molecule has 8 nitrogen and oxygen atoms in total. The van der Waals surface area contributed by atoms with Crippen LogP contribution >= 0.6 is 0 Å². The number of methoxy groups -OCH3 is 3. The molecule has 0 saturated carbocycles. The lowest BCUT2D eigenvalue weighted by atomic mass is 10.1. The first-order valence-electron chi connectivity index (χ1n) is 9.68. The van der Waals surface area contributed by atoms with Gasteiger partial charge in [-0.15, -0.1) is 0 Å². The van der Waals surface area contributed by atoms with Crippen LogP contribution in [-0.2, 0) is 0 Å². The Hall–Kier alpha value is -3.70. The molecule has 0 fully saturated rings. The van der Waals surface area contributed by atoms with E-state index in [0.29, 0.717) is 29.8 Å². The molecule has 0 saturated heterocycles. The van der Waals surface area contributed by atoms with Gasteiger partial charge in [-0.2, -0.15) is 10.2 Å². The molecular formula is C23H26N4O4. The summed E-state index contributed by atoms with van der Waals surface area (Å²) in [7, 11) is 8.79. The van der Waals surface area contributed by atoms with Crippen LogP contribution in [0.4, 0.5) is 5.88 Å². The molecule has 1 N–H and O–H groups in total. The molecule has 1 atom stereocenters. The lowest BCUT2D eigenvalue weighted by Gasteiger charge is -2.25. The van der Waals surface area contributed by atoms with Gasteiger partial charge in [0.05, 0.1) is 27.4 Å². The minimum absolute atomic E-state index is 0.0131. The average molecular weight is 422 g/mol. The molecule has 1 unspecified atom stereocenters. The minimum Gasteiger partial charge on any atom is -0.497 e. The van der Waals surface area contributed by atoms with E-state index in [9.17, 15) is 5.26 Å². The third-order valence-electron chi connectivity index (χ3n) is 4.94. The van der Waals surface area contributed by atoms with Crippen LogP contribution in [0.5, 0.6) is 17.2 Å². The third-order valence-corrected chi connectivity index (χ3v) is 4.94. The van der Waals surface area contributed by atoms with E-state index >= 15 is 0 Å². The predicted octanol–water partition coefficient (Wildman–Crippen LogP) is 3.95. The Morgan fingerprint density at radius 2 is 1.74 bits per heavy atom. The van der Waals surface area contributed by atoms with Gasteiger partial charge in [0.2, 0.25) is 17.5 Å². The van der Waals surface area contributed by atoms with Gasteiger partial charge in [0.1, 0.15) is 11.8 Å². The highest BCUT2D eigenvalue weighted by molar-refractivity contribution is 5.59. The summed E-state index contributed by atoms with van der Waals surface area (Å²) in [4.78, 5) is 6.39. The zero-order valence-corrected chi connectivity index (χ0v) is 18.3. The lowest BCUT2D eigenvalue weighted by Crippen LogP contribution is -2.27. The molecule has 0 amide bonds. The number of aromatic nitrogens is 1. The first-order valence-corrected chi connectivity index (χ1v) is 9.68. The van der Waals surface area contributed by atoms with Crippen LogP contribution in [-0.4, -0.2) is 51.9 Å². The molecule has 0 spiro atoms.